The van der Waals surface area contributed by atoms with Crippen molar-refractivity contribution in [1.29, 1.82) is 0 Å². The summed E-state index contributed by atoms with van der Waals surface area (Å²) in [5, 5.41) is 6.60. The number of hydrogen-bond donors (Lipinski definition) is 1. The first kappa shape index (κ1) is 19.7. The average Bonchev–Trinajstić information content (AvgIpc) is 2.99. The number of halogens is 1. The van der Waals surface area contributed by atoms with Gasteiger partial charge in [0.1, 0.15) is 0 Å². The molecular formula is C18H25ClN2OS. The van der Waals surface area contributed by atoms with Crippen LogP contribution in [0.5, 0.6) is 0 Å². The maximum Gasteiger partial charge on any atom is 0.224 e. The van der Waals surface area contributed by atoms with E-state index in [2.05, 4.69) is 43.4 Å². The highest BCUT2D eigenvalue weighted by atomic mass is 35.5. The Bertz CT molecular complexity index is 574. The molecule has 5 heteroatoms. The SMILES string of the molecule is CC(=O)N(CC(C)NC(C)Cc1ccccc1)c1cccs1.Cl. The summed E-state index contributed by atoms with van der Waals surface area (Å²) < 4.78 is 0. The average molecular weight is 353 g/mol. The summed E-state index contributed by atoms with van der Waals surface area (Å²) in [5.41, 5.74) is 1.33. The first-order valence-electron chi connectivity index (χ1n) is 7.68. The lowest BCUT2D eigenvalue weighted by Crippen LogP contribution is -2.45. The zero-order valence-corrected chi connectivity index (χ0v) is 15.5. The van der Waals surface area contributed by atoms with Crippen LogP contribution in [0.3, 0.4) is 0 Å². The van der Waals surface area contributed by atoms with Gasteiger partial charge < -0.3 is 10.2 Å². The van der Waals surface area contributed by atoms with E-state index in [9.17, 15) is 4.79 Å². The molecule has 2 rings (SSSR count). The van der Waals surface area contributed by atoms with Crippen LogP contribution >= 0.6 is 23.7 Å². The molecule has 1 heterocycles. The molecule has 0 fully saturated rings. The quantitative estimate of drug-likeness (QED) is 0.812. The fourth-order valence-electron chi connectivity index (χ4n) is 2.64. The van der Waals surface area contributed by atoms with E-state index in [1.807, 2.05) is 28.5 Å². The van der Waals surface area contributed by atoms with Crippen LogP contribution in [0.2, 0.25) is 0 Å². The van der Waals surface area contributed by atoms with Gasteiger partial charge in [-0.25, -0.2) is 0 Å². The van der Waals surface area contributed by atoms with Crippen LogP contribution in [0.4, 0.5) is 5.00 Å². The van der Waals surface area contributed by atoms with Crippen molar-refractivity contribution in [3.8, 4) is 0 Å². The molecule has 0 aliphatic rings. The van der Waals surface area contributed by atoms with Crippen LogP contribution in [-0.4, -0.2) is 24.5 Å². The number of carbonyl (C=O) groups excluding carboxylic acids is 1. The fourth-order valence-corrected chi connectivity index (χ4v) is 3.42. The second-order valence-electron chi connectivity index (χ2n) is 5.74. The first-order chi connectivity index (χ1) is 10.6. The maximum atomic E-state index is 11.9. The molecule has 2 aromatic rings. The van der Waals surface area contributed by atoms with E-state index in [0.29, 0.717) is 12.6 Å². The maximum absolute atomic E-state index is 11.9. The van der Waals surface area contributed by atoms with Gasteiger partial charge in [-0.2, -0.15) is 0 Å². The van der Waals surface area contributed by atoms with Crippen LogP contribution in [0.1, 0.15) is 26.3 Å². The third-order valence-electron chi connectivity index (χ3n) is 3.56. The summed E-state index contributed by atoms with van der Waals surface area (Å²) in [6, 6.07) is 15.1. The van der Waals surface area contributed by atoms with E-state index >= 15 is 0 Å². The highest BCUT2D eigenvalue weighted by Gasteiger charge is 2.17. The van der Waals surface area contributed by atoms with Gasteiger partial charge in [0, 0.05) is 25.6 Å². The normalized spacial score (nSPS) is 13.0. The van der Waals surface area contributed by atoms with Gasteiger partial charge in [0.25, 0.3) is 0 Å². The van der Waals surface area contributed by atoms with E-state index < -0.39 is 0 Å². The monoisotopic (exact) mass is 352 g/mol. The lowest BCUT2D eigenvalue weighted by Gasteiger charge is -2.26. The smallest absolute Gasteiger partial charge is 0.224 e. The number of amides is 1. The molecule has 1 aromatic carbocycles. The summed E-state index contributed by atoms with van der Waals surface area (Å²) in [6.45, 7) is 6.63. The third kappa shape index (κ3) is 6.34. The summed E-state index contributed by atoms with van der Waals surface area (Å²) >= 11 is 1.60. The van der Waals surface area contributed by atoms with E-state index in [0.717, 1.165) is 11.4 Å². The molecule has 0 aliphatic heterocycles. The van der Waals surface area contributed by atoms with Crippen molar-refractivity contribution in [2.24, 2.45) is 0 Å². The largest absolute Gasteiger partial charge is 0.310 e. The topological polar surface area (TPSA) is 32.3 Å². The van der Waals surface area contributed by atoms with Crippen LogP contribution in [0.15, 0.2) is 47.8 Å². The first-order valence-corrected chi connectivity index (χ1v) is 8.56. The van der Waals surface area contributed by atoms with E-state index in [1.54, 1.807) is 18.3 Å². The van der Waals surface area contributed by atoms with Crippen LogP contribution < -0.4 is 10.2 Å². The Balaban J connectivity index is 0.00000264. The van der Waals surface area contributed by atoms with E-state index in [4.69, 9.17) is 0 Å². The molecule has 2 unspecified atom stereocenters. The lowest BCUT2D eigenvalue weighted by molar-refractivity contribution is -0.116. The molecule has 2 atom stereocenters. The van der Waals surface area contributed by atoms with Crippen molar-refractivity contribution < 1.29 is 4.79 Å². The molecule has 0 aliphatic carbocycles. The van der Waals surface area contributed by atoms with Gasteiger partial charge in [0.15, 0.2) is 0 Å². The zero-order chi connectivity index (χ0) is 15.9. The number of nitrogens with zero attached hydrogens (tertiary/aromatic N) is 1. The van der Waals surface area contributed by atoms with Gasteiger partial charge in [-0.3, -0.25) is 4.79 Å². The molecule has 0 saturated carbocycles. The van der Waals surface area contributed by atoms with Crippen LogP contribution in [-0.2, 0) is 11.2 Å². The van der Waals surface area contributed by atoms with Gasteiger partial charge >= 0.3 is 0 Å². The number of carbonyl (C=O) groups is 1. The predicted molar refractivity (Wildman–Crippen MR) is 102 cm³/mol. The molecule has 1 aromatic heterocycles. The second-order valence-corrected chi connectivity index (χ2v) is 6.67. The summed E-state index contributed by atoms with van der Waals surface area (Å²) in [6.07, 6.45) is 0.990. The molecule has 3 nitrogen and oxygen atoms in total. The third-order valence-corrected chi connectivity index (χ3v) is 4.45. The summed E-state index contributed by atoms with van der Waals surface area (Å²) in [7, 11) is 0. The molecule has 1 amide bonds. The van der Waals surface area contributed by atoms with Crippen molar-refractivity contribution in [1.82, 2.24) is 5.32 Å². The number of thiophene rings is 1. The molecule has 23 heavy (non-hydrogen) atoms. The van der Waals surface area contributed by atoms with E-state index in [-0.39, 0.29) is 24.4 Å². The number of benzene rings is 1. The summed E-state index contributed by atoms with van der Waals surface area (Å²) in [5.74, 6) is 0.0896. The number of rotatable bonds is 7. The molecular weight excluding hydrogens is 328 g/mol. The zero-order valence-electron chi connectivity index (χ0n) is 13.9. The fraction of sp³-hybridized carbons (Fsp3) is 0.389. The predicted octanol–water partition coefficient (Wildman–Crippen LogP) is 4.13. The van der Waals surface area contributed by atoms with Crippen molar-refractivity contribution in [2.45, 2.75) is 39.3 Å². The highest BCUT2D eigenvalue weighted by molar-refractivity contribution is 7.14. The number of anilines is 1. The Kier molecular flexibility index (Phi) is 8.31. The van der Waals surface area contributed by atoms with Crippen molar-refractivity contribution in [3.63, 3.8) is 0 Å². The van der Waals surface area contributed by atoms with E-state index in [1.165, 1.54) is 5.56 Å². The Hall–Kier alpha value is -1.36. The number of nitrogens with one attached hydrogen (secondary N) is 1. The second kappa shape index (κ2) is 9.71. The Morgan fingerprint density at radius 2 is 1.83 bits per heavy atom. The molecule has 1 N–H and O–H groups in total. The van der Waals surface area contributed by atoms with Gasteiger partial charge in [0.2, 0.25) is 5.91 Å². The minimum Gasteiger partial charge on any atom is -0.310 e. The molecule has 0 saturated heterocycles. The molecule has 0 spiro atoms. The van der Waals surface area contributed by atoms with Gasteiger partial charge in [-0.05, 0) is 43.3 Å². The van der Waals surface area contributed by atoms with Crippen LogP contribution in [0, 0.1) is 0 Å². The Morgan fingerprint density at radius 3 is 2.39 bits per heavy atom. The van der Waals surface area contributed by atoms with Gasteiger partial charge in [-0.15, -0.1) is 23.7 Å². The van der Waals surface area contributed by atoms with Crippen molar-refractivity contribution in [2.75, 3.05) is 11.4 Å². The minimum atomic E-state index is 0. The standard InChI is InChI=1S/C18H24N2OS.ClH/c1-14(12-17-8-5-4-6-9-17)19-15(2)13-20(16(3)21)18-10-7-11-22-18;/h4-11,14-15,19H,12-13H2,1-3H3;1H. The highest BCUT2D eigenvalue weighted by Crippen LogP contribution is 2.21. The molecule has 0 bridgehead atoms. The summed E-state index contributed by atoms with van der Waals surface area (Å²) in [4.78, 5) is 13.7. The van der Waals surface area contributed by atoms with Crippen molar-refractivity contribution in [3.05, 3.63) is 53.4 Å². The molecule has 0 radical (unpaired) electrons. The van der Waals surface area contributed by atoms with Gasteiger partial charge in [-0.1, -0.05) is 30.3 Å². The number of hydrogen-bond acceptors (Lipinski definition) is 3. The minimum absolute atomic E-state index is 0. The Morgan fingerprint density at radius 1 is 1.13 bits per heavy atom. The van der Waals surface area contributed by atoms with Crippen LogP contribution in [0.25, 0.3) is 0 Å². The van der Waals surface area contributed by atoms with Gasteiger partial charge in [0.05, 0.1) is 5.00 Å². The molecule has 126 valence electrons. The van der Waals surface area contributed by atoms with Crippen molar-refractivity contribution >= 4 is 34.7 Å². The lowest BCUT2D eigenvalue weighted by atomic mass is 10.1. The Labute approximate surface area is 149 Å².